The Bertz CT molecular complexity index is 1020. The van der Waals surface area contributed by atoms with Crippen LogP contribution >= 0.6 is 34.4 Å². The van der Waals surface area contributed by atoms with E-state index in [1.807, 2.05) is 24.3 Å². The maximum absolute atomic E-state index is 12.6. The lowest BCUT2D eigenvalue weighted by Crippen LogP contribution is -2.36. The third kappa shape index (κ3) is 4.56. The quantitative estimate of drug-likeness (QED) is 0.487. The molecule has 0 radical (unpaired) electrons. The number of hydrogen-bond acceptors (Lipinski definition) is 6. The standard InChI is InChI=1S/C20H15IN2O5S/c21-13-3-1-12(2-4-13)9-17-19(25)23(20(26)29-17)11-18(24)22-14-5-6-15-16(10-14)28-8-7-27-15/h1-6,9-10H,7-8,11H2,(H,22,24)/b17-9-. The molecule has 0 aromatic heterocycles. The molecule has 2 aromatic rings. The number of fused-ring (bicyclic) bond motifs is 1. The van der Waals surface area contributed by atoms with Gasteiger partial charge >= 0.3 is 0 Å². The molecular formula is C20H15IN2O5S. The number of halogens is 1. The van der Waals surface area contributed by atoms with Crippen LogP contribution in [0.3, 0.4) is 0 Å². The van der Waals surface area contributed by atoms with Crippen LogP contribution in [0.2, 0.25) is 0 Å². The van der Waals surface area contributed by atoms with E-state index < -0.39 is 17.1 Å². The SMILES string of the molecule is O=C(CN1C(=O)S/C(=C\c2ccc(I)cc2)C1=O)Nc1ccc2c(c1)OCCO2. The number of nitrogens with one attached hydrogen (secondary N) is 1. The van der Waals surface area contributed by atoms with E-state index in [9.17, 15) is 14.4 Å². The van der Waals surface area contributed by atoms with E-state index in [-0.39, 0.29) is 6.54 Å². The van der Waals surface area contributed by atoms with Gasteiger partial charge in [0.2, 0.25) is 5.91 Å². The average Bonchev–Trinajstić information content (AvgIpc) is 2.97. The number of amides is 3. The van der Waals surface area contributed by atoms with E-state index in [1.54, 1.807) is 24.3 Å². The Morgan fingerprint density at radius 3 is 2.59 bits per heavy atom. The average molecular weight is 522 g/mol. The highest BCUT2D eigenvalue weighted by atomic mass is 127. The van der Waals surface area contributed by atoms with Crippen molar-refractivity contribution in [2.75, 3.05) is 25.1 Å². The molecular weight excluding hydrogens is 507 g/mol. The van der Waals surface area contributed by atoms with Gasteiger partial charge in [0.25, 0.3) is 11.1 Å². The predicted molar refractivity (Wildman–Crippen MR) is 118 cm³/mol. The van der Waals surface area contributed by atoms with E-state index in [1.165, 1.54) is 0 Å². The van der Waals surface area contributed by atoms with Crippen molar-refractivity contribution < 1.29 is 23.9 Å². The molecule has 9 heteroatoms. The largest absolute Gasteiger partial charge is 0.486 e. The lowest BCUT2D eigenvalue weighted by Gasteiger charge is -2.19. The summed E-state index contributed by atoms with van der Waals surface area (Å²) >= 11 is 3.02. The maximum Gasteiger partial charge on any atom is 0.294 e. The van der Waals surface area contributed by atoms with Gasteiger partial charge in [-0.05, 0) is 70.3 Å². The molecule has 0 bridgehead atoms. The third-order valence-electron chi connectivity index (χ3n) is 4.17. The second kappa shape index (κ2) is 8.46. The number of nitrogens with zero attached hydrogens (tertiary/aromatic N) is 1. The van der Waals surface area contributed by atoms with Gasteiger partial charge in [-0.3, -0.25) is 19.3 Å². The first-order chi connectivity index (χ1) is 14.0. The Kier molecular flexibility index (Phi) is 5.76. The van der Waals surface area contributed by atoms with Gasteiger partial charge in [-0.25, -0.2) is 0 Å². The molecule has 2 aliphatic rings. The topological polar surface area (TPSA) is 84.9 Å². The molecule has 3 amide bonds. The van der Waals surface area contributed by atoms with E-state index in [4.69, 9.17) is 9.47 Å². The van der Waals surface area contributed by atoms with Crippen LogP contribution in [0, 0.1) is 3.57 Å². The third-order valence-corrected chi connectivity index (χ3v) is 5.80. The van der Waals surface area contributed by atoms with Crippen LogP contribution in [0.4, 0.5) is 10.5 Å². The van der Waals surface area contributed by atoms with Crippen molar-refractivity contribution in [3.63, 3.8) is 0 Å². The molecule has 148 valence electrons. The van der Waals surface area contributed by atoms with Crippen molar-refractivity contribution in [3.8, 4) is 11.5 Å². The summed E-state index contributed by atoms with van der Waals surface area (Å²) in [6, 6.07) is 12.6. The van der Waals surface area contributed by atoms with Crippen molar-refractivity contribution in [2.45, 2.75) is 0 Å². The Balaban J connectivity index is 1.42. The summed E-state index contributed by atoms with van der Waals surface area (Å²) in [6.07, 6.45) is 1.65. The molecule has 1 fully saturated rings. The number of carbonyl (C=O) groups is 3. The fourth-order valence-electron chi connectivity index (χ4n) is 2.81. The van der Waals surface area contributed by atoms with E-state index in [2.05, 4.69) is 27.9 Å². The number of carbonyl (C=O) groups excluding carboxylic acids is 3. The van der Waals surface area contributed by atoms with Crippen molar-refractivity contribution >= 4 is 63.2 Å². The minimum absolute atomic E-state index is 0.295. The highest BCUT2D eigenvalue weighted by Gasteiger charge is 2.36. The van der Waals surface area contributed by atoms with Crippen LogP contribution < -0.4 is 14.8 Å². The summed E-state index contributed by atoms with van der Waals surface area (Å²) in [5.74, 6) is 0.206. The van der Waals surface area contributed by atoms with Gasteiger partial charge in [-0.15, -0.1) is 0 Å². The molecule has 4 rings (SSSR count). The van der Waals surface area contributed by atoms with Gasteiger partial charge < -0.3 is 14.8 Å². The predicted octanol–water partition coefficient (Wildman–Crippen LogP) is 3.74. The van der Waals surface area contributed by atoms with Crippen LogP contribution in [0.5, 0.6) is 11.5 Å². The number of rotatable bonds is 4. The Labute approximate surface area is 184 Å². The number of benzene rings is 2. The summed E-state index contributed by atoms with van der Waals surface area (Å²) in [7, 11) is 0. The van der Waals surface area contributed by atoms with Crippen molar-refractivity contribution in [1.82, 2.24) is 4.90 Å². The van der Waals surface area contributed by atoms with Crippen LogP contribution in [0.15, 0.2) is 47.4 Å². The number of imide groups is 1. The minimum atomic E-state index is -0.476. The summed E-state index contributed by atoms with van der Waals surface area (Å²) in [6.45, 7) is 0.560. The number of hydrogen-bond donors (Lipinski definition) is 1. The van der Waals surface area contributed by atoms with Gasteiger partial charge in [0.05, 0.1) is 4.91 Å². The zero-order chi connectivity index (χ0) is 20.4. The first-order valence-corrected chi connectivity index (χ1v) is 10.6. The van der Waals surface area contributed by atoms with Crippen molar-refractivity contribution in [2.24, 2.45) is 0 Å². The Morgan fingerprint density at radius 2 is 1.83 bits per heavy atom. The summed E-state index contributed by atoms with van der Waals surface area (Å²) < 4.78 is 12.0. The molecule has 1 saturated heterocycles. The van der Waals surface area contributed by atoms with E-state index in [0.717, 1.165) is 25.8 Å². The van der Waals surface area contributed by atoms with Crippen molar-refractivity contribution in [1.29, 1.82) is 0 Å². The van der Waals surface area contributed by atoms with Gasteiger partial charge in [0.1, 0.15) is 19.8 Å². The molecule has 2 aliphatic heterocycles. The zero-order valence-electron chi connectivity index (χ0n) is 15.0. The zero-order valence-corrected chi connectivity index (χ0v) is 18.0. The summed E-state index contributed by atoms with van der Waals surface area (Å²) in [5.41, 5.74) is 1.32. The molecule has 29 heavy (non-hydrogen) atoms. The molecule has 0 spiro atoms. The molecule has 0 atom stereocenters. The highest BCUT2D eigenvalue weighted by molar-refractivity contribution is 14.1. The number of anilines is 1. The van der Waals surface area contributed by atoms with Crippen molar-refractivity contribution in [3.05, 3.63) is 56.5 Å². The van der Waals surface area contributed by atoms with Crippen LogP contribution in [-0.4, -0.2) is 41.7 Å². The van der Waals surface area contributed by atoms with Crippen LogP contribution in [0.25, 0.3) is 6.08 Å². The molecule has 2 heterocycles. The lowest BCUT2D eigenvalue weighted by molar-refractivity contribution is -0.127. The normalized spacial score (nSPS) is 17.0. The van der Waals surface area contributed by atoms with E-state index in [0.29, 0.717) is 35.3 Å². The minimum Gasteiger partial charge on any atom is -0.486 e. The molecule has 1 N–H and O–H groups in total. The molecule has 2 aromatic carbocycles. The molecule has 0 aliphatic carbocycles. The summed E-state index contributed by atoms with van der Waals surface area (Å²) in [4.78, 5) is 38.4. The molecule has 7 nitrogen and oxygen atoms in total. The first kappa shape index (κ1) is 19.8. The van der Waals surface area contributed by atoms with Gasteiger partial charge in [-0.1, -0.05) is 12.1 Å². The molecule has 0 saturated carbocycles. The number of thioether (sulfide) groups is 1. The van der Waals surface area contributed by atoms with Gasteiger partial charge in [0.15, 0.2) is 11.5 Å². The second-order valence-corrected chi connectivity index (χ2v) is 8.46. The summed E-state index contributed by atoms with van der Waals surface area (Å²) in [5, 5.41) is 2.21. The lowest BCUT2D eigenvalue weighted by atomic mass is 10.2. The van der Waals surface area contributed by atoms with Crippen LogP contribution in [0.1, 0.15) is 5.56 Å². The first-order valence-electron chi connectivity index (χ1n) is 8.70. The highest BCUT2D eigenvalue weighted by Crippen LogP contribution is 2.34. The van der Waals surface area contributed by atoms with Gasteiger partial charge in [-0.2, -0.15) is 0 Å². The number of ether oxygens (including phenoxy) is 2. The van der Waals surface area contributed by atoms with E-state index >= 15 is 0 Å². The van der Waals surface area contributed by atoms with Gasteiger partial charge in [0, 0.05) is 15.3 Å². The fourth-order valence-corrected chi connectivity index (χ4v) is 4.01. The van der Waals surface area contributed by atoms with Crippen LogP contribution in [-0.2, 0) is 9.59 Å². The molecule has 0 unspecified atom stereocenters. The Morgan fingerprint density at radius 1 is 1.10 bits per heavy atom. The second-order valence-electron chi connectivity index (χ2n) is 6.23. The monoisotopic (exact) mass is 522 g/mol. The smallest absolute Gasteiger partial charge is 0.294 e. The fraction of sp³-hybridized carbons (Fsp3) is 0.150. The Hall–Kier alpha value is -2.53. The maximum atomic E-state index is 12.6.